The Morgan fingerprint density at radius 3 is 2.37 bits per heavy atom. The highest BCUT2D eigenvalue weighted by molar-refractivity contribution is 5.99. The summed E-state index contributed by atoms with van der Waals surface area (Å²) in [5.41, 5.74) is 5.57. The molecule has 144 valence electrons. The van der Waals surface area contributed by atoms with Crippen molar-refractivity contribution in [3.8, 4) is 0 Å². The predicted molar refractivity (Wildman–Crippen MR) is 110 cm³/mol. The Morgan fingerprint density at radius 1 is 1.15 bits per heavy atom. The number of likely N-dealkylation sites (N-methyl/N-ethyl adjacent to an activating group) is 1. The average molecular weight is 367 g/mol. The Hall–Kier alpha value is -2.66. The van der Waals surface area contributed by atoms with Crippen LogP contribution in [-0.2, 0) is 11.3 Å². The van der Waals surface area contributed by atoms with Gasteiger partial charge >= 0.3 is 0 Å². The molecule has 1 heterocycles. The van der Waals surface area contributed by atoms with Gasteiger partial charge in [-0.2, -0.15) is 0 Å². The van der Waals surface area contributed by atoms with Crippen LogP contribution in [0.3, 0.4) is 0 Å². The van der Waals surface area contributed by atoms with Crippen molar-refractivity contribution in [3.63, 3.8) is 0 Å². The number of benzene rings is 1. The summed E-state index contributed by atoms with van der Waals surface area (Å²) in [5, 5.41) is 2.96. The van der Waals surface area contributed by atoms with E-state index < -0.39 is 0 Å². The summed E-state index contributed by atoms with van der Waals surface area (Å²) in [6, 6.07) is 7.81. The maximum Gasteiger partial charge on any atom is 0.238 e. The number of hydrogen-bond donors (Lipinski definition) is 1. The van der Waals surface area contributed by atoms with Crippen LogP contribution < -0.4 is 5.32 Å². The van der Waals surface area contributed by atoms with Crippen molar-refractivity contribution in [1.29, 1.82) is 0 Å². The predicted octanol–water partition coefficient (Wildman–Crippen LogP) is 3.66. The van der Waals surface area contributed by atoms with Crippen LogP contribution in [-0.4, -0.2) is 41.3 Å². The van der Waals surface area contributed by atoms with Crippen LogP contribution in [0.5, 0.6) is 0 Å². The SMILES string of the molecule is C=CCn1c(C)cc(C(=O)CN(C)CC(=O)Nc2c(C)cccc2C)c1C. The lowest BCUT2D eigenvalue weighted by atomic mass is 10.1. The molecule has 1 aromatic carbocycles. The van der Waals surface area contributed by atoms with Crippen LogP contribution in [0.2, 0.25) is 0 Å². The molecule has 0 saturated carbocycles. The molecular weight excluding hydrogens is 338 g/mol. The second-order valence-corrected chi connectivity index (χ2v) is 7.09. The number of rotatable bonds is 8. The summed E-state index contributed by atoms with van der Waals surface area (Å²) in [6.07, 6.45) is 1.82. The van der Waals surface area contributed by atoms with E-state index in [0.29, 0.717) is 12.1 Å². The number of aromatic nitrogens is 1. The highest BCUT2D eigenvalue weighted by atomic mass is 16.2. The molecule has 1 N–H and O–H groups in total. The Labute approximate surface area is 161 Å². The van der Waals surface area contributed by atoms with E-state index in [1.807, 2.05) is 58.0 Å². The van der Waals surface area contributed by atoms with Gasteiger partial charge in [-0.25, -0.2) is 0 Å². The number of hydrogen-bond acceptors (Lipinski definition) is 3. The van der Waals surface area contributed by atoms with Gasteiger partial charge in [-0.3, -0.25) is 14.5 Å². The zero-order valence-electron chi connectivity index (χ0n) is 16.9. The number of carbonyl (C=O) groups is 2. The number of anilines is 1. The molecule has 0 unspecified atom stereocenters. The molecule has 27 heavy (non-hydrogen) atoms. The lowest BCUT2D eigenvalue weighted by molar-refractivity contribution is -0.116. The van der Waals surface area contributed by atoms with Crippen LogP contribution in [0.25, 0.3) is 0 Å². The highest BCUT2D eigenvalue weighted by Gasteiger charge is 2.18. The molecule has 0 radical (unpaired) electrons. The Kier molecular flexibility index (Phi) is 6.75. The van der Waals surface area contributed by atoms with E-state index in [1.165, 1.54) is 0 Å². The van der Waals surface area contributed by atoms with Gasteiger partial charge in [0.05, 0.1) is 13.1 Å². The van der Waals surface area contributed by atoms with Gasteiger partial charge in [-0.1, -0.05) is 24.3 Å². The van der Waals surface area contributed by atoms with Crippen LogP contribution in [0.1, 0.15) is 32.9 Å². The zero-order valence-corrected chi connectivity index (χ0v) is 16.9. The number of carbonyl (C=O) groups excluding carboxylic acids is 2. The fourth-order valence-electron chi connectivity index (χ4n) is 3.32. The zero-order chi connectivity index (χ0) is 20.1. The number of aryl methyl sites for hydroxylation is 3. The van der Waals surface area contributed by atoms with Gasteiger partial charge in [-0.05, 0) is 51.9 Å². The summed E-state index contributed by atoms with van der Waals surface area (Å²) in [5.74, 6) is -0.111. The first-order valence-electron chi connectivity index (χ1n) is 9.10. The van der Waals surface area contributed by atoms with Gasteiger partial charge in [-0.15, -0.1) is 6.58 Å². The standard InChI is InChI=1S/C22H29N3O2/c1-7-11-25-17(4)12-19(18(25)5)20(26)13-24(6)14-21(27)23-22-15(2)9-8-10-16(22)3/h7-10,12H,1,11,13-14H2,2-6H3,(H,23,27). The van der Waals surface area contributed by atoms with E-state index in [1.54, 1.807) is 11.9 Å². The van der Waals surface area contributed by atoms with Crippen molar-refractivity contribution >= 4 is 17.4 Å². The third-order valence-corrected chi connectivity index (χ3v) is 4.76. The van der Waals surface area contributed by atoms with Crippen molar-refractivity contribution < 1.29 is 9.59 Å². The van der Waals surface area contributed by atoms with Crippen LogP contribution in [0.15, 0.2) is 36.9 Å². The van der Waals surface area contributed by atoms with Crippen LogP contribution in [0, 0.1) is 27.7 Å². The number of amides is 1. The van der Waals surface area contributed by atoms with E-state index in [-0.39, 0.29) is 24.8 Å². The second kappa shape index (κ2) is 8.82. The van der Waals surface area contributed by atoms with E-state index in [0.717, 1.165) is 28.2 Å². The maximum absolute atomic E-state index is 12.7. The maximum atomic E-state index is 12.7. The summed E-state index contributed by atoms with van der Waals surface area (Å²) < 4.78 is 2.06. The molecule has 0 spiro atoms. The van der Waals surface area contributed by atoms with Crippen molar-refractivity contribution in [2.24, 2.45) is 0 Å². The lowest BCUT2D eigenvalue weighted by Crippen LogP contribution is -2.34. The molecule has 0 aliphatic rings. The largest absolute Gasteiger partial charge is 0.345 e. The van der Waals surface area contributed by atoms with Gasteiger partial charge in [0, 0.05) is 29.2 Å². The van der Waals surface area contributed by atoms with Crippen molar-refractivity contribution in [2.75, 3.05) is 25.5 Å². The lowest BCUT2D eigenvalue weighted by Gasteiger charge is -2.17. The van der Waals surface area contributed by atoms with Crippen molar-refractivity contribution in [1.82, 2.24) is 9.47 Å². The third-order valence-electron chi connectivity index (χ3n) is 4.76. The molecular formula is C22H29N3O2. The van der Waals surface area contributed by atoms with Gasteiger partial charge in [0.15, 0.2) is 5.78 Å². The van der Waals surface area contributed by atoms with Gasteiger partial charge in [0.2, 0.25) is 5.91 Å². The molecule has 0 aliphatic carbocycles. The van der Waals surface area contributed by atoms with Gasteiger partial charge < -0.3 is 9.88 Å². The van der Waals surface area contributed by atoms with Gasteiger partial charge in [0.1, 0.15) is 0 Å². The van der Waals surface area contributed by atoms with Crippen molar-refractivity contribution in [3.05, 3.63) is 65.0 Å². The molecule has 1 aromatic heterocycles. The number of nitrogens with one attached hydrogen (secondary N) is 1. The third kappa shape index (κ3) is 4.95. The van der Waals surface area contributed by atoms with E-state index in [2.05, 4.69) is 16.5 Å². The minimum absolute atomic E-state index is 0.0146. The van der Waals surface area contributed by atoms with Crippen LogP contribution >= 0.6 is 0 Å². The molecule has 0 saturated heterocycles. The number of Topliss-reactive ketones (excluding diaryl/α,β-unsaturated/α-hetero) is 1. The number of nitrogens with zero attached hydrogens (tertiary/aromatic N) is 2. The number of para-hydroxylation sites is 1. The Morgan fingerprint density at radius 2 is 1.78 bits per heavy atom. The quantitative estimate of drug-likeness (QED) is 0.572. The normalized spacial score (nSPS) is 10.9. The molecule has 2 rings (SSSR count). The Bertz CT molecular complexity index is 844. The molecule has 5 nitrogen and oxygen atoms in total. The molecule has 0 fully saturated rings. The average Bonchev–Trinajstić information content (AvgIpc) is 2.87. The number of allylic oxidation sites excluding steroid dienone is 1. The molecule has 0 bridgehead atoms. The molecule has 0 atom stereocenters. The summed E-state index contributed by atoms with van der Waals surface area (Å²) >= 11 is 0. The van der Waals surface area contributed by atoms with E-state index >= 15 is 0 Å². The first kappa shape index (κ1) is 20.6. The smallest absolute Gasteiger partial charge is 0.238 e. The van der Waals surface area contributed by atoms with E-state index in [4.69, 9.17) is 0 Å². The molecule has 5 heteroatoms. The Balaban J connectivity index is 2.00. The minimum atomic E-state index is -0.125. The summed E-state index contributed by atoms with van der Waals surface area (Å²) in [4.78, 5) is 26.8. The topological polar surface area (TPSA) is 54.3 Å². The van der Waals surface area contributed by atoms with E-state index in [9.17, 15) is 9.59 Å². The fourth-order valence-corrected chi connectivity index (χ4v) is 3.32. The minimum Gasteiger partial charge on any atom is -0.345 e. The van der Waals surface area contributed by atoms with Crippen molar-refractivity contribution in [2.45, 2.75) is 34.2 Å². The first-order chi connectivity index (χ1) is 12.7. The van der Waals surface area contributed by atoms with Gasteiger partial charge in [0.25, 0.3) is 0 Å². The first-order valence-corrected chi connectivity index (χ1v) is 9.10. The number of ketones is 1. The second-order valence-electron chi connectivity index (χ2n) is 7.09. The van der Waals surface area contributed by atoms with Crippen LogP contribution in [0.4, 0.5) is 5.69 Å². The summed E-state index contributed by atoms with van der Waals surface area (Å²) in [7, 11) is 1.78. The molecule has 0 aliphatic heterocycles. The molecule has 1 amide bonds. The summed E-state index contributed by atoms with van der Waals surface area (Å²) in [6.45, 7) is 12.6. The molecule has 2 aromatic rings. The fraction of sp³-hybridized carbons (Fsp3) is 0.364. The monoisotopic (exact) mass is 367 g/mol. The highest BCUT2D eigenvalue weighted by Crippen LogP contribution is 2.19.